The van der Waals surface area contributed by atoms with Crippen molar-refractivity contribution in [1.29, 1.82) is 0 Å². The van der Waals surface area contributed by atoms with Crippen LogP contribution in [0.25, 0.3) is 0 Å². The van der Waals surface area contributed by atoms with Gasteiger partial charge in [0.15, 0.2) is 0 Å². The SMILES string of the molecule is O[C@H]1CO[C@@H](Sc2ccccc2)C(OCc2ccccc2)[C@H]1OCc1ccccc1. The molecule has 0 bridgehead atoms. The van der Waals surface area contributed by atoms with Crippen LogP contribution < -0.4 is 0 Å². The molecule has 4 nitrogen and oxygen atoms in total. The maximum atomic E-state index is 10.7. The van der Waals surface area contributed by atoms with E-state index in [4.69, 9.17) is 14.2 Å². The highest BCUT2D eigenvalue weighted by Gasteiger charge is 2.42. The molecule has 0 aromatic heterocycles. The summed E-state index contributed by atoms with van der Waals surface area (Å²) in [5.74, 6) is 0. The Bertz CT molecular complexity index is 875. The van der Waals surface area contributed by atoms with Crippen molar-refractivity contribution in [2.24, 2.45) is 0 Å². The van der Waals surface area contributed by atoms with Crippen molar-refractivity contribution < 1.29 is 19.3 Å². The van der Waals surface area contributed by atoms with E-state index in [1.54, 1.807) is 11.8 Å². The first kappa shape index (κ1) is 21.1. The van der Waals surface area contributed by atoms with E-state index in [1.165, 1.54) is 0 Å². The zero-order chi connectivity index (χ0) is 20.6. The van der Waals surface area contributed by atoms with E-state index < -0.39 is 18.3 Å². The van der Waals surface area contributed by atoms with Crippen molar-refractivity contribution in [2.75, 3.05) is 6.61 Å². The summed E-state index contributed by atoms with van der Waals surface area (Å²) in [6.45, 7) is 1.06. The molecule has 5 heteroatoms. The van der Waals surface area contributed by atoms with E-state index >= 15 is 0 Å². The fourth-order valence-corrected chi connectivity index (χ4v) is 4.50. The first-order valence-electron chi connectivity index (χ1n) is 10.1. The van der Waals surface area contributed by atoms with Crippen molar-refractivity contribution in [2.45, 2.75) is 41.9 Å². The van der Waals surface area contributed by atoms with Crippen molar-refractivity contribution in [3.05, 3.63) is 102 Å². The number of hydrogen-bond acceptors (Lipinski definition) is 5. The highest BCUT2D eigenvalue weighted by Crippen LogP contribution is 2.34. The zero-order valence-electron chi connectivity index (χ0n) is 16.7. The molecule has 0 radical (unpaired) electrons. The lowest BCUT2D eigenvalue weighted by Crippen LogP contribution is -2.54. The monoisotopic (exact) mass is 422 g/mol. The standard InChI is InChI=1S/C25H26O4S/c26-22-18-29-25(30-21-14-8-3-9-15-21)24(28-17-20-12-6-2-7-13-20)23(22)27-16-19-10-4-1-5-11-19/h1-15,22-26H,16-18H2/t22-,23-,24?,25-/m0/s1. The number of ether oxygens (including phenoxy) is 3. The molecule has 1 saturated heterocycles. The van der Waals surface area contributed by atoms with Crippen molar-refractivity contribution in [3.8, 4) is 0 Å². The number of hydrogen-bond donors (Lipinski definition) is 1. The molecule has 1 fully saturated rings. The highest BCUT2D eigenvalue weighted by molar-refractivity contribution is 7.99. The fourth-order valence-electron chi connectivity index (χ4n) is 3.40. The smallest absolute Gasteiger partial charge is 0.136 e. The molecule has 0 spiro atoms. The van der Waals surface area contributed by atoms with Gasteiger partial charge >= 0.3 is 0 Å². The van der Waals surface area contributed by atoms with Crippen LogP contribution in [0.3, 0.4) is 0 Å². The summed E-state index contributed by atoms with van der Waals surface area (Å²) in [6, 6.07) is 30.1. The van der Waals surface area contributed by atoms with Gasteiger partial charge in [-0.05, 0) is 23.3 Å². The minimum atomic E-state index is -0.748. The quantitative estimate of drug-likeness (QED) is 0.572. The number of benzene rings is 3. The van der Waals surface area contributed by atoms with E-state index in [0.29, 0.717) is 13.2 Å². The predicted octanol–water partition coefficient (Wildman–Crippen LogP) is 4.67. The molecule has 3 aromatic carbocycles. The molecule has 1 heterocycles. The summed E-state index contributed by atoms with van der Waals surface area (Å²) in [5, 5.41) is 10.7. The molecule has 1 aliphatic heterocycles. The van der Waals surface area contributed by atoms with Crippen LogP contribution in [0.1, 0.15) is 11.1 Å². The van der Waals surface area contributed by atoms with Crippen molar-refractivity contribution in [1.82, 2.24) is 0 Å². The van der Waals surface area contributed by atoms with E-state index in [0.717, 1.165) is 16.0 Å². The van der Waals surface area contributed by atoms with Gasteiger partial charge in [0.25, 0.3) is 0 Å². The topological polar surface area (TPSA) is 47.9 Å². The largest absolute Gasteiger partial charge is 0.388 e. The Kier molecular flexibility index (Phi) is 7.56. The van der Waals surface area contributed by atoms with Gasteiger partial charge in [0.1, 0.15) is 23.7 Å². The van der Waals surface area contributed by atoms with Crippen LogP contribution in [0.15, 0.2) is 95.9 Å². The normalized spacial score (nSPS) is 23.9. The van der Waals surface area contributed by atoms with Gasteiger partial charge in [-0.25, -0.2) is 0 Å². The van der Waals surface area contributed by atoms with E-state index in [9.17, 15) is 5.11 Å². The van der Waals surface area contributed by atoms with Gasteiger partial charge in [-0.3, -0.25) is 0 Å². The van der Waals surface area contributed by atoms with Gasteiger partial charge < -0.3 is 19.3 Å². The second-order valence-corrected chi connectivity index (χ2v) is 8.39. The molecule has 0 aliphatic carbocycles. The van der Waals surface area contributed by atoms with Crippen LogP contribution in [0.5, 0.6) is 0 Å². The van der Waals surface area contributed by atoms with Gasteiger partial charge in [-0.15, -0.1) is 0 Å². The average molecular weight is 423 g/mol. The Balaban J connectivity index is 1.50. The third-order valence-electron chi connectivity index (χ3n) is 4.97. The molecule has 4 rings (SSSR count). The van der Waals surface area contributed by atoms with Crippen molar-refractivity contribution in [3.63, 3.8) is 0 Å². The number of rotatable bonds is 8. The summed E-state index contributed by atoms with van der Waals surface area (Å²) in [7, 11) is 0. The first-order valence-corrected chi connectivity index (χ1v) is 11.0. The molecule has 1 unspecified atom stereocenters. The maximum Gasteiger partial charge on any atom is 0.136 e. The molecule has 3 aromatic rings. The third kappa shape index (κ3) is 5.72. The van der Waals surface area contributed by atoms with E-state index in [-0.39, 0.29) is 12.0 Å². The second-order valence-electron chi connectivity index (χ2n) is 7.22. The minimum Gasteiger partial charge on any atom is -0.388 e. The lowest BCUT2D eigenvalue weighted by Gasteiger charge is -2.40. The summed E-state index contributed by atoms with van der Waals surface area (Å²) < 4.78 is 18.5. The number of aliphatic hydroxyl groups is 1. The Labute approximate surface area is 181 Å². The number of aliphatic hydroxyl groups excluding tert-OH is 1. The lowest BCUT2D eigenvalue weighted by molar-refractivity contribution is -0.204. The molecule has 156 valence electrons. The van der Waals surface area contributed by atoms with Crippen LogP contribution in [0, 0.1) is 0 Å². The second kappa shape index (κ2) is 10.8. The molecule has 30 heavy (non-hydrogen) atoms. The van der Waals surface area contributed by atoms with Gasteiger partial charge in [0.05, 0.1) is 19.8 Å². The highest BCUT2D eigenvalue weighted by atomic mass is 32.2. The molecular weight excluding hydrogens is 396 g/mol. The van der Waals surface area contributed by atoms with Crippen LogP contribution in [-0.4, -0.2) is 35.5 Å². The summed E-state index contributed by atoms with van der Waals surface area (Å²) in [6.07, 6.45) is -1.64. The van der Waals surface area contributed by atoms with E-state index in [2.05, 4.69) is 0 Å². The maximum absolute atomic E-state index is 10.7. The van der Waals surface area contributed by atoms with Crippen molar-refractivity contribution >= 4 is 11.8 Å². The van der Waals surface area contributed by atoms with Gasteiger partial charge in [0.2, 0.25) is 0 Å². The van der Waals surface area contributed by atoms with Crippen LogP contribution in [0.4, 0.5) is 0 Å². The fraction of sp³-hybridized carbons (Fsp3) is 0.280. The Morgan fingerprint density at radius 2 is 1.23 bits per heavy atom. The van der Waals surface area contributed by atoms with Gasteiger partial charge in [-0.1, -0.05) is 90.6 Å². The van der Waals surface area contributed by atoms with Gasteiger partial charge in [0, 0.05) is 4.90 Å². The zero-order valence-corrected chi connectivity index (χ0v) is 17.5. The summed E-state index contributed by atoms with van der Waals surface area (Å²) >= 11 is 1.60. The number of thioether (sulfide) groups is 1. The Morgan fingerprint density at radius 3 is 1.80 bits per heavy atom. The molecule has 0 amide bonds. The molecule has 1 N–H and O–H groups in total. The Hall–Kier alpha value is -2.15. The minimum absolute atomic E-state index is 0.217. The van der Waals surface area contributed by atoms with E-state index in [1.807, 2.05) is 91.0 Å². The Morgan fingerprint density at radius 1 is 0.733 bits per heavy atom. The van der Waals surface area contributed by atoms with Crippen LogP contribution in [-0.2, 0) is 27.4 Å². The molecule has 1 aliphatic rings. The molecule has 4 atom stereocenters. The van der Waals surface area contributed by atoms with Gasteiger partial charge in [-0.2, -0.15) is 0 Å². The summed E-state index contributed by atoms with van der Waals surface area (Å²) in [5.41, 5.74) is 1.85. The average Bonchev–Trinajstić information content (AvgIpc) is 2.80. The molecular formula is C25H26O4S. The van der Waals surface area contributed by atoms with Crippen LogP contribution in [0.2, 0.25) is 0 Å². The molecule has 0 saturated carbocycles. The summed E-state index contributed by atoms with van der Waals surface area (Å²) in [4.78, 5) is 1.09. The first-order chi connectivity index (χ1) is 14.8. The predicted molar refractivity (Wildman–Crippen MR) is 118 cm³/mol. The van der Waals surface area contributed by atoms with Crippen LogP contribution >= 0.6 is 11.8 Å². The lowest BCUT2D eigenvalue weighted by atomic mass is 10.1. The third-order valence-corrected chi connectivity index (χ3v) is 6.15.